The summed E-state index contributed by atoms with van der Waals surface area (Å²) in [5.41, 5.74) is 2.73. The normalized spacial score (nSPS) is 15.9. The molecule has 0 saturated heterocycles. The van der Waals surface area contributed by atoms with Crippen LogP contribution in [0.4, 0.5) is 0 Å². The van der Waals surface area contributed by atoms with Gasteiger partial charge in [0.15, 0.2) is 0 Å². The molecule has 1 unspecified atom stereocenters. The number of rotatable bonds is 9. The molecular weight excluding hydrogens is 497 g/mol. The van der Waals surface area contributed by atoms with E-state index in [1.54, 1.807) is 18.2 Å². The first-order valence-electron chi connectivity index (χ1n) is 11.1. The number of hydrogen-bond acceptors (Lipinski definition) is 7. The van der Waals surface area contributed by atoms with Crippen molar-refractivity contribution in [2.24, 2.45) is 0 Å². The fraction of sp³-hybridized carbons (Fsp3) is 0.417. The number of nitrogens with one attached hydrogen (secondary N) is 2. The van der Waals surface area contributed by atoms with Crippen LogP contribution >= 0.6 is 23.2 Å². The lowest BCUT2D eigenvalue weighted by atomic mass is 9.83. The Balaban J connectivity index is 2.10. The fourth-order valence-corrected chi connectivity index (χ4v) is 4.65. The monoisotopic (exact) mass is 525 g/mol. The maximum atomic E-state index is 12.9. The van der Waals surface area contributed by atoms with Gasteiger partial charge in [-0.15, -0.1) is 0 Å². The minimum absolute atomic E-state index is 0.145. The van der Waals surface area contributed by atoms with Gasteiger partial charge in [-0.25, -0.2) is 0 Å². The van der Waals surface area contributed by atoms with Crippen LogP contribution in [0.1, 0.15) is 43.3 Å². The molecule has 9 nitrogen and oxygen atoms in total. The summed E-state index contributed by atoms with van der Waals surface area (Å²) in [6.45, 7) is -0.646. The standard InChI is InChI=1S/C24H29Cl2N3O6/c1-29-7-20(19-5-16(25)6-22(26)21(19)8-29)13-2-14(23(34)27-17(9-30)10-31)4-15(3-13)24(35)28-18(11-32)12-33/h2-6,17-18,20,30-33H,7-12H2,1H3,(H,27,34)(H,28,35). The lowest BCUT2D eigenvalue weighted by Crippen LogP contribution is -2.41. The average Bonchev–Trinajstić information content (AvgIpc) is 2.85. The van der Waals surface area contributed by atoms with Gasteiger partial charge in [0.2, 0.25) is 0 Å². The van der Waals surface area contributed by atoms with Crippen LogP contribution in [0.5, 0.6) is 0 Å². The molecule has 0 fully saturated rings. The van der Waals surface area contributed by atoms with Crippen LogP contribution in [0.15, 0.2) is 30.3 Å². The van der Waals surface area contributed by atoms with E-state index in [9.17, 15) is 30.0 Å². The zero-order chi connectivity index (χ0) is 25.7. The van der Waals surface area contributed by atoms with Gasteiger partial charge in [0.25, 0.3) is 11.8 Å². The molecule has 2 aromatic carbocycles. The lowest BCUT2D eigenvalue weighted by molar-refractivity contribution is 0.0877. The molecule has 6 N–H and O–H groups in total. The van der Waals surface area contributed by atoms with Gasteiger partial charge in [0.05, 0.1) is 38.5 Å². The van der Waals surface area contributed by atoms with Crippen LogP contribution in [0, 0.1) is 0 Å². The third-order valence-electron chi connectivity index (χ3n) is 5.93. The number of benzene rings is 2. The van der Waals surface area contributed by atoms with E-state index in [1.165, 1.54) is 6.07 Å². The van der Waals surface area contributed by atoms with Crippen molar-refractivity contribution in [1.29, 1.82) is 0 Å². The quantitative estimate of drug-likeness (QED) is 0.283. The minimum Gasteiger partial charge on any atom is -0.394 e. The van der Waals surface area contributed by atoms with Crippen LogP contribution in [0.3, 0.4) is 0 Å². The van der Waals surface area contributed by atoms with Crippen molar-refractivity contribution < 1.29 is 30.0 Å². The van der Waals surface area contributed by atoms with Gasteiger partial charge in [-0.3, -0.25) is 9.59 Å². The number of nitrogens with zero attached hydrogens (tertiary/aromatic N) is 1. The number of aliphatic hydroxyl groups is 4. The Hall–Kier alpha value is -2.24. The highest BCUT2D eigenvalue weighted by Crippen LogP contribution is 2.39. The van der Waals surface area contributed by atoms with Gasteiger partial charge < -0.3 is 36.0 Å². The second-order valence-corrected chi connectivity index (χ2v) is 9.46. The number of carbonyl (C=O) groups excluding carboxylic acids is 2. The first-order chi connectivity index (χ1) is 16.7. The largest absolute Gasteiger partial charge is 0.394 e. The first kappa shape index (κ1) is 27.3. The lowest BCUT2D eigenvalue weighted by Gasteiger charge is -2.33. The maximum Gasteiger partial charge on any atom is 0.251 e. The molecule has 0 radical (unpaired) electrons. The first-order valence-corrected chi connectivity index (χ1v) is 11.8. The molecule has 2 amide bonds. The summed E-state index contributed by atoms with van der Waals surface area (Å²) in [5.74, 6) is -1.43. The second-order valence-electron chi connectivity index (χ2n) is 8.62. The molecule has 3 rings (SSSR count). The molecule has 0 saturated carbocycles. The van der Waals surface area contributed by atoms with Crippen molar-refractivity contribution in [3.05, 3.63) is 68.2 Å². The van der Waals surface area contributed by atoms with Crippen molar-refractivity contribution in [2.45, 2.75) is 24.5 Å². The van der Waals surface area contributed by atoms with Gasteiger partial charge >= 0.3 is 0 Å². The van der Waals surface area contributed by atoms with E-state index in [2.05, 4.69) is 15.5 Å². The summed E-state index contributed by atoms with van der Waals surface area (Å²) >= 11 is 12.8. The Morgan fingerprint density at radius 2 is 1.43 bits per heavy atom. The molecule has 1 aliphatic rings. The SMILES string of the molecule is CN1Cc2c(Cl)cc(Cl)cc2C(c2cc(C(=O)NC(CO)CO)cc(C(=O)NC(CO)CO)c2)C1. The fourth-order valence-electron chi connectivity index (χ4n) is 4.08. The van der Waals surface area contributed by atoms with E-state index in [-0.39, 0.29) is 17.0 Å². The maximum absolute atomic E-state index is 12.9. The Bertz CT molecular complexity index is 1030. The smallest absolute Gasteiger partial charge is 0.251 e. The predicted molar refractivity (Wildman–Crippen MR) is 132 cm³/mol. The number of likely N-dealkylation sites (N-methyl/N-ethyl adjacent to an activating group) is 1. The Labute approximate surface area is 213 Å². The number of fused-ring (bicyclic) bond motifs is 1. The Morgan fingerprint density at radius 1 is 0.914 bits per heavy atom. The van der Waals surface area contributed by atoms with Crippen molar-refractivity contribution in [3.8, 4) is 0 Å². The molecule has 190 valence electrons. The van der Waals surface area contributed by atoms with Crippen molar-refractivity contribution in [2.75, 3.05) is 40.0 Å². The number of halogens is 2. The molecule has 1 aliphatic heterocycles. The molecule has 2 aromatic rings. The molecule has 1 heterocycles. The van der Waals surface area contributed by atoms with Gasteiger partial charge in [-0.05, 0) is 54.1 Å². The number of amides is 2. The zero-order valence-electron chi connectivity index (χ0n) is 19.2. The van der Waals surface area contributed by atoms with E-state index in [0.717, 1.165) is 11.1 Å². The van der Waals surface area contributed by atoms with Gasteiger partial charge in [-0.1, -0.05) is 23.2 Å². The second kappa shape index (κ2) is 12.1. The molecular formula is C24H29Cl2N3O6. The summed E-state index contributed by atoms with van der Waals surface area (Å²) in [6, 6.07) is 6.45. The third-order valence-corrected chi connectivity index (χ3v) is 6.48. The van der Waals surface area contributed by atoms with Crippen LogP contribution in [-0.2, 0) is 6.54 Å². The summed E-state index contributed by atoms with van der Waals surface area (Å²) in [5, 5.41) is 43.5. The zero-order valence-corrected chi connectivity index (χ0v) is 20.7. The summed E-state index contributed by atoms with van der Waals surface area (Å²) < 4.78 is 0. The van der Waals surface area contributed by atoms with Crippen molar-refractivity contribution in [3.63, 3.8) is 0 Å². The summed E-state index contributed by atoms with van der Waals surface area (Å²) in [7, 11) is 1.94. The third kappa shape index (κ3) is 6.50. The number of aliphatic hydroxyl groups excluding tert-OH is 4. The molecule has 1 atom stereocenters. The Kier molecular flexibility index (Phi) is 9.48. The number of carbonyl (C=O) groups is 2. The summed E-state index contributed by atoms with van der Waals surface area (Å²) in [6.07, 6.45) is 0. The van der Waals surface area contributed by atoms with Crippen LogP contribution in [0.2, 0.25) is 10.0 Å². The topological polar surface area (TPSA) is 142 Å². The van der Waals surface area contributed by atoms with E-state index < -0.39 is 50.3 Å². The molecule has 0 aliphatic carbocycles. The van der Waals surface area contributed by atoms with Gasteiger partial charge in [0, 0.05) is 40.2 Å². The van der Waals surface area contributed by atoms with Gasteiger partial charge in [-0.2, -0.15) is 0 Å². The van der Waals surface area contributed by atoms with E-state index >= 15 is 0 Å². The van der Waals surface area contributed by atoms with E-state index in [1.807, 2.05) is 13.1 Å². The molecule has 11 heteroatoms. The highest BCUT2D eigenvalue weighted by atomic mass is 35.5. The van der Waals surface area contributed by atoms with E-state index in [0.29, 0.717) is 28.7 Å². The molecule has 0 bridgehead atoms. The highest BCUT2D eigenvalue weighted by Gasteiger charge is 2.29. The van der Waals surface area contributed by atoms with Gasteiger partial charge in [0.1, 0.15) is 0 Å². The molecule has 0 aromatic heterocycles. The van der Waals surface area contributed by atoms with Crippen molar-refractivity contribution >= 4 is 35.0 Å². The summed E-state index contributed by atoms with van der Waals surface area (Å²) in [4.78, 5) is 27.9. The minimum atomic E-state index is -0.865. The van der Waals surface area contributed by atoms with E-state index in [4.69, 9.17) is 23.2 Å². The van der Waals surface area contributed by atoms with Crippen molar-refractivity contribution in [1.82, 2.24) is 15.5 Å². The molecule has 35 heavy (non-hydrogen) atoms. The van der Waals surface area contributed by atoms with Crippen LogP contribution in [-0.4, -0.2) is 89.2 Å². The van der Waals surface area contributed by atoms with Crippen LogP contribution < -0.4 is 10.6 Å². The number of hydrogen-bond donors (Lipinski definition) is 6. The highest BCUT2D eigenvalue weighted by molar-refractivity contribution is 6.35. The molecule has 0 spiro atoms. The average molecular weight is 526 g/mol. The van der Waals surface area contributed by atoms with Crippen LogP contribution in [0.25, 0.3) is 0 Å². The Morgan fingerprint density at radius 3 is 1.91 bits per heavy atom. The predicted octanol–water partition coefficient (Wildman–Crippen LogP) is 0.737.